The Labute approximate surface area is 108 Å². The van der Waals surface area contributed by atoms with Gasteiger partial charge in [-0.25, -0.2) is 0 Å². The zero-order valence-electron chi connectivity index (χ0n) is 11.0. The molecule has 0 aliphatic rings. The minimum Gasteiger partial charge on any atom is -0.396 e. The lowest BCUT2D eigenvalue weighted by atomic mass is 10.0. The van der Waals surface area contributed by atoms with Crippen molar-refractivity contribution in [1.29, 1.82) is 0 Å². The Hall–Kier alpha value is -1.45. The summed E-state index contributed by atoms with van der Waals surface area (Å²) in [6, 6.07) is 8.42. The third-order valence-electron chi connectivity index (χ3n) is 3.21. The van der Waals surface area contributed by atoms with Crippen LogP contribution in [0, 0.1) is 0 Å². The predicted molar refractivity (Wildman–Crippen MR) is 74.4 cm³/mol. The molecule has 0 amide bonds. The summed E-state index contributed by atoms with van der Waals surface area (Å²) in [7, 11) is 0. The summed E-state index contributed by atoms with van der Waals surface area (Å²) in [5.74, 6) is 0. The molecule has 18 heavy (non-hydrogen) atoms. The Morgan fingerprint density at radius 3 is 2.83 bits per heavy atom. The molecule has 0 unspecified atom stereocenters. The molecular weight excluding hydrogens is 224 g/mol. The second-order valence-electron chi connectivity index (χ2n) is 5.27. The van der Waals surface area contributed by atoms with E-state index >= 15 is 0 Å². The number of nitrogens with one attached hydrogen (secondary N) is 1. The molecule has 1 aromatic heterocycles. The lowest BCUT2D eigenvalue weighted by Gasteiger charge is -2.25. The Kier molecular flexibility index (Phi) is 3.94. The first-order chi connectivity index (χ1) is 8.61. The van der Waals surface area contributed by atoms with Crippen molar-refractivity contribution >= 4 is 10.8 Å². The van der Waals surface area contributed by atoms with Gasteiger partial charge in [0, 0.05) is 36.5 Å². The molecule has 0 saturated carbocycles. The van der Waals surface area contributed by atoms with E-state index in [1.807, 2.05) is 18.5 Å². The molecule has 0 fully saturated rings. The summed E-state index contributed by atoms with van der Waals surface area (Å²) in [6.45, 7) is 5.23. The average molecular weight is 244 g/mol. The Bertz CT molecular complexity index is 523. The highest BCUT2D eigenvalue weighted by Crippen LogP contribution is 2.15. The maximum atomic E-state index is 8.99. The van der Waals surface area contributed by atoms with Gasteiger partial charge in [-0.2, -0.15) is 0 Å². The quantitative estimate of drug-likeness (QED) is 0.849. The van der Waals surface area contributed by atoms with Gasteiger partial charge in [0.1, 0.15) is 0 Å². The monoisotopic (exact) mass is 244 g/mol. The van der Waals surface area contributed by atoms with Gasteiger partial charge in [-0.15, -0.1) is 0 Å². The van der Waals surface area contributed by atoms with Crippen molar-refractivity contribution in [2.75, 3.05) is 6.61 Å². The van der Waals surface area contributed by atoms with Crippen molar-refractivity contribution in [1.82, 2.24) is 10.3 Å². The van der Waals surface area contributed by atoms with Crippen LogP contribution in [0.5, 0.6) is 0 Å². The Morgan fingerprint density at radius 2 is 2.06 bits per heavy atom. The number of fused-ring (bicyclic) bond motifs is 1. The number of pyridine rings is 1. The van der Waals surface area contributed by atoms with Crippen LogP contribution in [0.4, 0.5) is 0 Å². The third kappa shape index (κ3) is 3.28. The summed E-state index contributed by atoms with van der Waals surface area (Å²) >= 11 is 0. The minimum atomic E-state index is -0.0397. The van der Waals surface area contributed by atoms with E-state index in [0.717, 1.165) is 18.4 Å². The highest BCUT2D eigenvalue weighted by atomic mass is 16.3. The van der Waals surface area contributed by atoms with Crippen LogP contribution in [0.25, 0.3) is 10.8 Å². The van der Waals surface area contributed by atoms with Gasteiger partial charge in [-0.1, -0.05) is 12.1 Å². The van der Waals surface area contributed by atoms with E-state index in [2.05, 4.69) is 42.3 Å². The molecule has 3 heteroatoms. The maximum absolute atomic E-state index is 8.99. The molecule has 0 aliphatic carbocycles. The van der Waals surface area contributed by atoms with Crippen molar-refractivity contribution in [2.45, 2.75) is 32.4 Å². The summed E-state index contributed by atoms with van der Waals surface area (Å²) < 4.78 is 0. The fourth-order valence-electron chi connectivity index (χ4n) is 1.95. The first-order valence-corrected chi connectivity index (χ1v) is 6.29. The number of aliphatic hydroxyl groups excluding tert-OH is 1. The number of aliphatic hydroxyl groups is 1. The fraction of sp³-hybridized carbons (Fsp3) is 0.400. The number of hydrogen-bond acceptors (Lipinski definition) is 3. The minimum absolute atomic E-state index is 0.0397. The van der Waals surface area contributed by atoms with Crippen LogP contribution in [-0.2, 0) is 6.54 Å². The first kappa shape index (κ1) is 13.0. The number of hydrogen-bond donors (Lipinski definition) is 2. The van der Waals surface area contributed by atoms with Gasteiger partial charge >= 0.3 is 0 Å². The highest BCUT2D eigenvalue weighted by molar-refractivity contribution is 5.81. The zero-order chi connectivity index (χ0) is 13.0. The van der Waals surface area contributed by atoms with Crippen molar-refractivity contribution in [3.05, 3.63) is 42.2 Å². The van der Waals surface area contributed by atoms with Gasteiger partial charge in [-0.05, 0) is 43.4 Å². The highest BCUT2D eigenvalue weighted by Gasteiger charge is 2.15. The molecule has 3 nitrogen and oxygen atoms in total. The molecule has 0 atom stereocenters. The second kappa shape index (κ2) is 5.46. The average Bonchev–Trinajstić information content (AvgIpc) is 2.36. The molecule has 0 aliphatic heterocycles. The predicted octanol–water partition coefficient (Wildman–Crippen LogP) is 2.49. The molecule has 0 spiro atoms. The van der Waals surface area contributed by atoms with Gasteiger partial charge in [0.15, 0.2) is 0 Å². The molecule has 96 valence electrons. The van der Waals surface area contributed by atoms with E-state index in [-0.39, 0.29) is 12.1 Å². The molecule has 2 N–H and O–H groups in total. The van der Waals surface area contributed by atoms with Crippen LogP contribution >= 0.6 is 0 Å². The van der Waals surface area contributed by atoms with E-state index < -0.39 is 0 Å². The largest absolute Gasteiger partial charge is 0.396 e. The van der Waals surface area contributed by atoms with Crippen LogP contribution in [0.1, 0.15) is 25.8 Å². The van der Waals surface area contributed by atoms with Crippen molar-refractivity contribution in [3.8, 4) is 0 Å². The number of benzene rings is 1. The van der Waals surface area contributed by atoms with Crippen molar-refractivity contribution in [3.63, 3.8) is 0 Å². The summed E-state index contributed by atoms with van der Waals surface area (Å²) in [5.41, 5.74) is 1.21. The van der Waals surface area contributed by atoms with E-state index in [4.69, 9.17) is 5.11 Å². The normalized spacial score (nSPS) is 11.9. The SMILES string of the molecule is CC(C)(CCO)NCc1ccc2cnccc2c1. The van der Waals surface area contributed by atoms with Gasteiger partial charge in [-0.3, -0.25) is 4.98 Å². The van der Waals surface area contributed by atoms with Crippen molar-refractivity contribution < 1.29 is 5.11 Å². The van der Waals surface area contributed by atoms with Gasteiger partial charge in [0.2, 0.25) is 0 Å². The first-order valence-electron chi connectivity index (χ1n) is 6.29. The molecule has 2 rings (SSSR count). The van der Waals surface area contributed by atoms with Crippen LogP contribution in [0.15, 0.2) is 36.7 Å². The number of rotatable bonds is 5. The maximum Gasteiger partial charge on any atom is 0.0448 e. The van der Waals surface area contributed by atoms with Gasteiger partial charge in [0.25, 0.3) is 0 Å². The van der Waals surface area contributed by atoms with E-state index in [1.165, 1.54) is 10.9 Å². The van der Waals surface area contributed by atoms with Crippen LogP contribution in [0.2, 0.25) is 0 Å². The van der Waals surface area contributed by atoms with E-state index in [0.29, 0.717) is 0 Å². The summed E-state index contributed by atoms with van der Waals surface area (Å²) in [6.07, 6.45) is 4.45. The molecule has 2 aromatic rings. The van der Waals surface area contributed by atoms with Crippen LogP contribution < -0.4 is 5.32 Å². The Morgan fingerprint density at radius 1 is 1.22 bits per heavy atom. The van der Waals surface area contributed by atoms with Crippen LogP contribution in [-0.4, -0.2) is 22.2 Å². The topological polar surface area (TPSA) is 45.1 Å². The molecule has 1 heterocycles. The lowest BCUT2D eigenvalue weighted by molar-refractivity contribution is 0.230. The summed E-state index contributed by atoms with van der Waals surface area (Å²) in [5, 5.41) is 14.8. The van der Waals surface area contributed by atoms with Crippen LogP contribution in [0.3, 0.4) is 0 Å². The molecule has 0 bridgehead atoms. The standard InChI is InChI=1S/C15H20N2O/c1-15(2,6-8-18)17-10-12-3-4-14-11-16-7-5-13(14)9-12/h3-5,7,9,11,17-18H,6,8,10H2,1-2H3. The summed E-state index contributed by atoms with van der Waals surface area (Å²) in [4.78, 5) is 4.11. The molecule has 0 radical (unpaired) electrons. The van der Waals surface area contributed by atoms with Crippen molar-refractivity contribution in [2.24, 2.45) is 0 Å². The third-order valence-corrected chi connectivity index (χ3v) is 3.21. The smallest absolute Gasteiger partial charge is 0.0448 e. The number of aromatic nitrogens is 1. The van der Waals surface area contributed by atoms with E-state index in [1.54, 1.807) is 0 Å². The Balaban J connectivity index is 2.08. The molecular formula is C15H20N2O. The molecule has 1 aromatic carbocycles. The second-order valence-corrected chi connectivity index (χ2v) is 5.27. The molecule has 0 saturated heterocycles. The van der Waals surface area contributed by atoms with E-state index in [9.17, 15) is 0 Å². The van der Waals surface area contributed by atoms with Gasteiger partial charge < -0.3 is 10.4 Å². The van der Waals surface area contributed by atoms with Gasteiger partial charge in [0.05, 0.1) is 0 Å². The number of nitrogens with zero attached hydrogens (tertiary/aromatic N) is 1. The lowest BCUT2D eigenvalue weighted by Crippen LogP contribution is -2.39. The zero-order valence-corrected chi connectivity index (χ0v) is 11.0. The fourth-order valence-corrected chi connectivity index (χ4v) is 1.95.